The van der Waals surface area contributed by atoms with Crippen molar-refractivity contribution in [1.82, 2.24) is 4.90 Å². The number of halogens is 1. The summed E-state index contributed by atoms with van der Waals surface area (Å²) < 4.78 is 7.45. The fourth-order valence-corrected chi connectivity index (χ4v) is 4.06. The van der Waals surface area contributed by atoms with Crippen LogP contribution in [0, 0.1) is 6.92 Å². The molecule has 0 saturated carbocycles. The molecule has 28 heavy (non-hydrogen) atoms. The molecule has 1 aromatic rings. The Morgan fingerprint density at radius 3 is 2.86 bits per heavy atom. The van der Waals surface area contributed by atoms with E-state index in [-0.39, 0.29) is 6.10 Å². The maximum Gasteiger partial charge on any atom is 0.130 e. The number of benzene rings is 1. The lowest BCUT2D eigenvalue weighted by Gasteiger charge is -2.27. The van der Waals surface area contributed by atoms with Crippen molar-refractivity contribution in [3.63, 3.8) is 0 Å². The first kappa shape index (κ1) is 20.9. The summed E-state index contributed by atoms with van der Waals surface area (Å²) in [7, 11) is 2.04. The van der Waals surface area contributed by atoms with Crippen LogP contribution in [-0.2, 0) is 17.6 Å². The van der Waals surface area contributed by atoms with Crippen molar-refractivity contribution in [2.45, 2.75) is 59.0 Å². The summed E-state index contributed by atoms with van der Waals surface area (Å²) in [4.78, 5) is 6.78. The molecule has 150 valence electrons. The summed E-state index contributed by atoms with van der Waals surface area (Å²) in [5.74, 6) is 0.949. The number of hydrogen-bond donors (Lipinski definition) is 0. The van der Waals surface area contributed by atoms with Crippen LogP contribution in [0.25, 0.3) is 0 Å². The predicted octanol–water partition coefficient (Wildman–Crippen LogP) is 6.08. The first-order chi connectivity index (χ1) is 13.5. The largest absolute Gasteiger partial charge is 0.489 e. The summed E-state index contributed by atoms with van der Waals surface area (Å²) in [6, 6.07) is 6.80. The van der Waals surface area contributed by atoms with Crippen LogP contribution < -0.4 is 0 Å². The van der Waals surface area contributed by atoms with Gasteiger partial charge < -0.3 is 9.64 Å². The number of aryl methyl sites for hydroxylation is 2. The minimum atomic E-state index is 0.226. The topological polar surface area (TPSA) is 24.8 Å². The molecule has 1 aromatic carbocycles. The van der Waals surface area contributed by atoms with Gasteiger partial charge >= 0.3 is 0 Å². The Bertz CT molecular complexity index is 835. The number of allylic oxidation sites excluding steroid dienone is 4. The second-order valence-electron chi connectivity index (χ2n) is 7.84. The normalized spacial score (nSPS) is 26.5. The molecule has 0 heterocycles. The lowest BCUT2D eigenvalue weighted by molar-refractivity contribution is 0.110. The smallest absolute Gasteiger partial charge is 0.130 e. The lowest BCUT2D eigenvalue weighted by Crippen LogP contribution is -2.22. The molecular formula is C24H31BrN2O. The number of aliphatic imine (C=N–C) groups is 1. The molecule has 0 aromatic heterocycles. The molecule has 0 spiro atoms. The van der Waals surface area contributed by atoms with Crippen LogP contribution >= 0.6 is 15.9 Å². The van der Waals surface area contributed by atoms with Crippen LogP contribution in [0.1, 0.15) is 49.8 Å². The van der Waals surface area contributed by atoms with Crippen molar-refractivity contribution in [3.8, 4) is 0 Å². The van der Waals surface area contributed by atoms with Crippen LogP contribution in [0.4, 0.5) is 0 Å². The summed E-state index contributed by atoms with van der Waals surface area (Å²) in [5.41, 5.74) is 6.56. The Labute approximate surface area is 178 Å². The van der Waals surface area contributed by atoms with E-state index < -0.39 is 0 Å². The minimum absolute atomic E-state index is 0.226. The number of hydrogen-bond acceptors (Lipinski definition) is 2. The Morgan fingerprint density at radius 2 is 2.07 bits per heavy atom. The molecule has 0 fully saturated rings. The SMILES string of the molecule is CCN(C)C=NC1=C(\C)CC/C=C(OC2CCc3ccc(C)cc3C2)/C(Br)=C\1. The Kier molecular flexibility index (Phi) is 7.17. The van der Waals surface area contributed by atoms with Gasteiger partial charge in [0.15, 0.2) is 0 Å². The molecule has 2 aliphatic carbocycles. The van der Waals surface area contributed by atoms with E-state index in [4.69, 9.17) is 9.73 Å². The van der Waals surface area contributed by atoms with Crippen molar-refractivity contribution in [3.05, 3.63) is 68.6 Å². The lowest BCUT2D eigenvalue weighted by atomic mass is 9.88. The van der Waals surface area contributed by atoms with Crippen LogP contribution in [0.5, 0.6) is 0 Å². The molecule has 0 N–H and O–H groups in total. The molecule has 0 aliphatic heterocycles. The van der Waals surface area contributed by atoms with E-state index in [0.29, 0.717) is 0 Å². The van der Waals surface area contributed by atoms with Gasteiger partial charge in [0.2, 0.25) is 0 Å². The highest BCUT2D eigenvalue weighted by atomic mass is 79.9. The molecule has 0 radical (unpaired) electrons. The van der Waals surface area contributed by atoms with Gasteiger partial charge in [-0.3, -0.25) is 0 Å². The standard InChI is InChI=1S/C24H31BrN2O/c1-5-27(4)16-26-23-15-22(25)24(8-6-7-18(23)3)28-21-12-11-19-10-9-17(2)13-20(19)14-21/h8-10,13,15-16,21H,5-7,11-12,14H2,1-4H3/b22-15+,23-18+,24-8-,26-16?. The Hall–Kier alpha value is -1.81. The number of fused-ring (bicyclic) bond motifs is 1. The van der Waals surface area contributed by atoms with Gasteiger partial charge in [-0.15, -0.1) is 0 Å². The third-order valence-corrected chi connectivity index (χ3v) is 6.14. The van der Waals surface area contributed by atoms with Crippen molar-refractivity contribution in [1.29, 1.82) is 0 Å². The quantitative estimate of drug-likeness (QED) is 0.407. The molecule has 0 amide bonds. The maximum absolute atomic E-state index is 6.47. The number of ether oxygens (including phenoxy) is 1. The molecule has 1 atom stereocenters. The van der Waals surface area contributed by atoms with Crippen molar-refractivity contribution < 1.29 is 4.74 Å². The zero-order valence-electron chi connectivity index (χ0n) is 17.5. The maximum atomic E-state index is 6.47. The van der Waals surface area contributed by atoms with Gasteiger partial charge in [-0.2, -0.15) is 0 Å². The van der Waals surface area contributed by atoms with Gasteiger partial charge in [-0.05, 0) is 91.2 Å². The summed E-state index contributed by atoms with van der Waals surface area (Å²) >= 11 is 3.75. The molecule has 2 aliphatic rings. The van der Waals surface area contributed by atoms with Gasteiger partial charge in [0.1, 0.15) is 11.9 Å². The predicted molar refractivity (Wildman–Crippen MR) is 122 cm³/mol. The molecular weight excluding hydrogens is 412 g/mol. The Morgan fingerprint density at radius 1 is 1.25 bits per heavy atom. The number of nitrogens with zero attached hydrogens (tertiary/aromatic N) is 2. The average Bonchev–Trinajstić information content (AvgIpc) is 2.68. The zero-order valence-corrected chi connectivity index (χ0v) is 19.1. The van der Waals surface area contributed by atoms with Gasteiger partial charge in [-0.1, -0.05) is 23.8 Å². The fourth-order valence-electron chi connectivity index (χ4n) is 3.59. The highest BCUT2D eigenvalue weighted by Crippen LogP contribution is 2.31. The van der Waals surface area contributed by atoms with E-state index in [1.807, 2.05) is 13.4 Å². The van der Waals surface area contributed by atoms with Crippen molar-refractivity contribution in [2.75, 3.05) is 13.6 Å². The molecule has 0 bridgehead atoms. The number of rotatable bonds is 5. The van der Waals surface area contributed by atoms with E-state index >= 15 is 0 Å². The first-order valence-electron chi connectivity index (χ1n) is 10.2. The third-order valence-electron chi connectivity index (χ3n) is 5.52. The fraction of sp³-hybridized carbons (Fsp3) is 0.458. The van der Waals surface area contributed by atoms with E-state index in [0.717, 1.165) is 54.6 Å². The Balaban J connectivity index is 1.74. The van der Waals surface area contributed by atoms with Crippen molar-refractivity contribution >= 4 is 22.3 Å². The molecule has 1 unspecified atom stereocenters. The van der Waals surface area contributed by atoms with Crippen molar-refractivity contribution in [2.24, 2.45) is 4.99 Å². The minimum Gasteiger partial charge on any atom is -0.489 e. The van der Waals surface area contributed by atoms with E-state index in [2.05, 4.69) is 72.0 Å². The van der Waals surface area contributed by atoms with Crippen LogP contribution in [0.3, 0.4) is 0 Å². The molecule has 4 heteroatoms. The van der Waals surface area contributed by atoms with E-state index in [1.54, 1.807) is 0 Å². The van der Waals surface area contributed by atoms with Gasteiger partial charge in [0.25, 0.3) is 0 Å². The summed E-state index contributed by atoms with van der Waals surface area (Å²) in [6.45, 7) is 7.39. The second-order valence-corrected chi connectivity index (χ2v) is 8.69. The monoisotopic (exact) mass is 442 g/mol. The molecule has 3 nitrogen and oxygen atoms in total. The zero-order chi connectivity index (χ0) is 20.1. The first-order valence-corrected chi connectivity index (χ1v) is 11.0. The van der Waals surface area contributed by atoms with Crippen LogP contribution in [0.2, 0.25) is 0 Å². The highest BCUT2D eigenvalue weighted by molar-refractivity contribution is 9.12. The van der Waals surface area contributed by atoms with E-state index in [9.17, 15) is 0 Å². The summed E-state index contributed by atoms with van der Waals surface area (Å²) in [6.07, 6.45) is 11.5. The van der Waals surface area contributed by atoms with Gasteiger partial charge in [0.05, 0.1) is 16.5 Å². The van der Waals surface area contributed by atoms with Gasteiger partial charge in [0, 0.05) is 20.0 Å². The average molecular weight is 443 g/mol. The molecule has 0 saturated heterocycles. The third kappa shape index (κ3) is 5.38. The molecule has 3 rings (SSSR count). The van der Waals surface area contributed by atoms with Crippen LogP contribution in [-0.4, -0.2) is 30.9 Å². The highest BCUT2D eigenvalue weighted by Gasteiger charge is 2.22. The summed E-state index contributed by atoms with van der Waals surface area (Å²) in [5, 5.41) is 0. The van der Waals surface area contributed by atoms with E-state index in [1.165, 1.54) is 22.3 Å². The van der Waals surface area contributed by atoms with Crippen LogP contribution in [0.15, 0.2) is 56.9 Å². The second kappa shape index (κ2) is 9.60. The van der Waals surface area contributed by atoms with Gasteiger partial charge in [-0.25, -0.2) is 4.99 Å².